The number of carbonyl (C=O) groups is 1. The number of benzene rings is 1. The van der Waals surface area contributed by atoms with Crippen LogP contribution in [0, 0.1) is 17.2 Å². The van der Waals surface area contributed by atoms with E-state index in [1.165, 1.54) is 16.0 Å². The van der Waals surface area contributed by atoms with Gasteiger partial charge in [-0.2, -0.15) is 5.26 Å². The maximum atomic E-state index is 12.4. The van der Waals surface area contributed by atoms with Crippen molar-refractivity contribution in [2.45, 2.75) is 39.3 Å². The molecule has 3 rings (SSSR count). The van der Waals surface area contributed by atoms with Gasteiger partial charge in [0.2, 0.25) is 0 Å². The van der Waals surface area contributed by atoms with E-state index < -0.39 is 5.54 Å². The van der Waals surface area contributed by atoms with Gasteiger partial charge in [-0.05, 0) is 36.6 Å². The number of nitrogens with one attached hydrogen (secondary N) is 3. The first-order valence-corrected chi connectivity index (χ1v) is 10.0. The summed E-state index contributed by atoms with van der Waals surface area (Å²) in [6.07, 6.45) is 1.02. The van der Waals surface area contributed by atoms with Crippen molar-refractivity contribution in [2.24, 2.45) is 5.92 Å². The second kappa shape index (κ2) is 8.28. The van der Waals surface area contributed by atoms with E-state index in [4.69, 9.17) is 4.74 Å². The first-order valence-electron chi connectivity index (χ1n) is 10.0. The van der Waals surface area contributed by atoms with E-state index in [0.717, 1.165) is 51.5 Å². The van der Waals surface area contributed by atoms with Crippen molar-refractivity contribution in [1.82, 2.24) is 5.32 Å². The van der Waals surface area contributed by atoms with Crippen LogP contribution in [0.3, 0.4) is 0 Å². The molecule has 0 saturated carbocycles. The summed E-state index contributed by atoms with van der Waals surface area (Å²) >= 11 is 0. The molecule has 0 spiro atoms. The van der Waals surface area contributed by atoms with E-state index >= 15 is 0 Å². The van der Waals surface area contributed by atoms with Crippen molar-refractivity contribution < 1.29 is 19.3 Å². The lowest BCUT2D eigenvalue weighted by molar-refractivity contribution is -1.02. The maximum absolute atomic E-state index is 12.4. The van der Waals surface area contributed by atoms with Gasteiger partial charge in [0.25, 0.3) is 5.91 Å². The maximum Gasteiger partial charge on any atom is 0.276 e. The normalized spacial score (nSPS) is 23.8. The summed E-state index contributed by atoms with van der Waals surface area (Å²) < 4.78 is 5.58. The Bertz CT molecular complexity index is 719. The summed E-state index contributed by atoms with van der Waals surface area (Å²) in [5, 5.41) is 12.3. The molecular weight excluding hydrogens is 340 g/mol. The van der Waals surface area contributed by atoms with Crippen LogP contribution in [0.5, 0.6) is 5.75 Å². The lowest BCUT2D eigenvalue weighted by Crippen LogP contribution is -3.28. The fourth-order valence-electron chi connectivity index (χ4n) is 3.81. The lowest BCUT2D eigenvalue weighted by Gasteiger charge is -2.31. The highest BCUT2D eigenvalue weighted by Crippen LogP contribution is 2.25. The Morgan fingerprint density at radius 1 is 1.30 bits per heavy atom. The quantitative estimate of drug-likeness (QED) is 0.597. The third-order valence-corrected chi connectivity index (χ3v) is 6.07. The lowest BCUT2D eigenvalue weighted by atomic mass is 9.90. The molecule has 1 amide bonds. The highest BCUT2D eigenvalue weighted by Gasteiger charge is 2.32. The van der Waals surface area contributed by atoms with E-state index in [9.17, 15) is 10.1 Å². The molecule has 1 aromatic carbocycles. The van der Waals surface area contributed by atoms with Gasteiger partial charge in [0.05, 0.1) is 12.7 Å². The number of rotatable bonds is 6. The molecular formula is C21H32N4O2+2. The Hall–Kier alpha value is -2.10. The summed E-state index contributed by atoms with van der Waals surface area (Å²) in [4.78, 5) is 15.2. The van der Waals surface area contributed by atoms with Crippen LogP contribution in [0.25, 0.3) is 0 Å². The standard InChI is InChI=1S/C21H30N4O2/c1-16(2)21(3,15-22)23-20(26)14-25-9-7-24(8-10-25)13-17-4-5-19-18(12-17)6-11-27-19/h4-5,12,16H,6-11,13-14H2,1-3H3,(H,23,26)/p+2/t21-/m0/s1. The number of nitrogens with zero attached hydrogens (tertiary/aromatic N) is 1. The predicted molar refractivity (Wildman–Crippen MR) is 103 cm³/mol. The fourth-order valence-corrected chi connectivity index (χ4v) is 3.81. The minimum atomic E-state index is -0.791. The Kier molecular flexibility index (Phi) is 6.03. The number of ether oxygens (including phenoxy) is 1. The molecule has 2 heterocycles. The predicted octanol–water partition coefficient (Wildman–Crippen LogP) is -1.04. The molecule has 1 atom stereocenters. The van der Waals surface area contributed by atoms with Gasteiger partial charge in [-0.1, -0.05) is 13.8 Å². The van der Waals surface area contributed by atoms with Gasteiger partial charge >= 0.3 is 0 Å². The van der Waals surface area contributed by atoms with Crippen LogP contribution in [-0.2, 0) is 17.8 Å². The molecule has 6 nitrogen and oxygen atoms in total. The Labute approximate surface area is 162 Å². The highest BCUT2D eigenvalue weighted by atomic mass is 16.5. The SMILES string of the molecule is CC(C)[C@](C)(C#N)NC(=O)C[NH+]1CC[NH+](Cc2ccc3c(c2)CCO3)CC1. The average Bonchev–Trinajstić information content (AvgIpc) is 3.10. The van der Waals surface area contributed by atoms with Crippen LogP contribution in [0.4, 0.5) is 0 Å². The average molecular weight is 373 g/mol. The zero-order chi connectivity index (χ0) is 19.4. The van der Waals surface area contributed by atoms with Gasteiger partial charge in [-0.15, -0.1) is 0 Å². The Morgan fingerprint density at radius 2 is 2.00 bits per heavy atom. The van der Waals surface area contributed by atoms with Gasteiger partial charge in [0.15, 0.2) is 6.54 Å². The zero-order valence-electron chi connectivity index (χ0n) is 16.7. The van der Waals surface area contributed by atoms with Gasteiger partial charge in [-0.3, -0.25) is 4.79 Å². The molecule has 2 aliphatic rings. The molecule has 27 heavy (non-hydrogen) atoms. The van der Waals surface area contributed by atoms with Gasteiger partial charge < -0.3 is 19.9 Å². The number of piperazine rings is 1. The molecule has 0 aromatic heterocycles. The van der Waals surface area contributed by atoms with Crippen molar-refractivity contribution in [3.05, 3.63) is 29.3 Å². The van der Waals surface area contributed by atoms with E-state index in [1.807, 2.05) is 13.8 Å². The molecule has 6 heteroatoms. The summed E-state index contributed by atoms with van der Waals surface area (Å²) in [5.41, 5.74) is 1.91. The molecule has 1 saturated heterocycles. The molecule has 2 aliphatic heterocycles. The summed E-state index contributed by atoms with van der Waals surface area (Å²) in [6.45, 7) is 12.1. The number of carbonyl (C=O) groups excluding carboxylic acids is 1. The van der Waals surface area contributed by atoms with Crippen LogP contribution in [0.15, 0.2) is 18.2 Å². The number of amides is 1. The topological polar surface area (TPSA) is 71.0 Å². The first kappa shape index (κ1) is 19.7. The minimum absolute atomic E-state index is 0.0233. The second-order valence-corrected chi connectivity index (χ2v) is 8.41. The fraction of sp³-hybridized carbons (Fsp3) is 0.619. The summed E-state index contributed by atoms with van der Waals surface area (Å²) in [7, 11) is 0. The van der Waals surface area contributed by atoms with Gasteiger partial charge in [0, 0.05) is 12.0 Å². The molecule has 0 radical (unpaired) electrons. The highest BCUT2D eigenvalue weighted by molar-refractivity contribution is 5.78. The number of hydrogen-bond donors (Lipinski definition) is 3. The van der Waals surface area contributed by atoms with Crippen LogP contribution in [0.1, 0.15) is 31.9 Å². The van der Waals surface area contributed by atoms with Gasteiger partial charge in [-0.25, -0.2) is 0 Å². The van der Waals surface area contributed by atoms with Crippen molar-refractivity contribution in [3.8, 4) is 11.8 Å². The largest absolute Gasteiger partial charge is 0.493 e. The van der Waals surface area contributed by atoms with E-state index in [-0.39, 0.29) is 11.8 Å². The molecule has 0 bridgehead atoms. The monoisotopic (exact) mass is 372 g/mol. The first-order chi connectivity index (χ1) is 12.9. The summed E-state index contributed by atoms with van der Waals surface area (Å²) in [5.74, 6) is 1.10. The van der Waals surface area contributed by atoms with Crippen molar-refractivity contribution >= 4 is 5.91 Å². The van der Waals surface area contributed by atoms with E-state index in [2.05, 4.69) is 29.6 Å². The van der Waals surface area contributed by atoms with E-state index in [1.54, 1.807) is 11.8 Å². The Morgan fingerprint density at radius 3 is 2.67 bits per heavy atom. The van der Waals surface area contributed by atoms with Crippen LogP contribution >= 0.6 is 0 Å². The zero-order valence-corrected chi connectivity index (χ0v) is 16.7. The van der Waals surface area contributed by atoms with Gasteiger partial charge in [0.1, 0.15) is 44.0 Å². The number of quaternary nitrogens is 2. The molecule has 1 fully saturated rings. The summed E-state index contributed by atoms with van der Waals surface area (Å²) in [6, 6.07) is 8.81. The molecule has 1 aromatic rings. The number of nitriles is 1. The van der Waals surface area contributed by atoms with Crippen molar-refractivity contribution in [3.63, 3.8) is 0 Å². The molecule has 3 N–H and O–H groups in total. The van der Waals surface area contributed by atoms with Crippen LogP contribution in [0.2, 0.25) is 0 Å². The number of hydrogen-bond acceptors (Lipinski definition) is 3. The molecule has 0 unspecified atom stereocenters. The smallest absolute Gasteiger partial charge is 0.276 e. The van der Waals surface area contributed by atoms with Crippen LogP contribution < -0.4 is 19.9 Å². The van der Waals surface area contributed by atoms with Crippen molar-refractivity contribution in [2.75, 3.05) is 39.3 Å². The van der Waals surface area contributed by atoms with Crippen molar-refractivity contribution in [1.29, 1.82) is 5.26 Å². The third-order valence-electron chi connectivity index (χ3n) is 6.07. The Balaban J connectivity index is 1.45. The molecule has 0 aliphatic carbocycles. The molecule has 146 valence electrons. The minimum Gasteiger partial charge on any atom is -0.493 e. The van der Waals surface area contributed by atoms with Crippen LogP contribution in [-0.4, -0.2) is 50.8 Å². The second-order valence-electron chi connectivity index (χ2n) is 8.41. The van der Waals surface area contributed by atoms with E-state index in [0.29, 0.717) is 6.54 Å². The number of fused-ring (bicyclic) bond motifs is 1. The third kappa shape index (κ3) is 4.79.